The molecule has 1 amide bonds. The molecule has 3 rings (SSSR count). The van der Waals surface area contributed by atoms with E-state index in [0.717, 1.165) is 56.0 Å². The highest BCUT2D eigenvalue weighted by molar-refractivity contribution is 5.97. The molecule has 0 saturated carbocycles. The average Bonchev–Trinajstić information content (AvgIpc) is 3.01. The van der Waals surface area contributed by atoms with Crippen LogP contribution in [0, 0.1) is 13.8 Å². The number of benzene rings is 1. The largest absolute Gasteiger partial charge is 0.336 e. The Hall–Kier alpha value is -1.10. The van der Waals surface area contributed by atoms with Crippen LogP contribution in [0.5, 0.6) is 0 Å². The Bertz CT molecular complexity index is 500. The summed E-state index contributed by atoms with van der Waals surface area (Å²) in [6.45, 7) is 10.00. The van der Waals surface area contributed by atoms with E-state index in [1.165, 1.54) is 6.42 Å². The number of carbonyl (C=O) groups excluding carboxylic acids is 1. The SMILES string of the molecule is Cc1cccc(C)c1C(=O)N1CCN(C2CCNC2)CC1.Cl. The lowest BCUT2D eigenvalue weighted by Crippen LogP contribution is -2.52. The van der Waals surface area contributed by atoms with Gasteiger partial charge in [-0.05, 0) is 37.9 Å². The Labute approximate surface area is 139 Å². The molecule has 1 aromatic carbocycles. The molecule has 5 heteroatoms. The monoisotopic (exact) mass is 323 g/mol. The zero-order chi connectivity index (χ0) is 14.8. The van der Waals surface area contributed by atoms with Gasteiger partial charge in [0.1, 0.15) is 0 Å². The Kier molecular flexibility index (Phi) is 5.84. The highest BCUT2D eigenvalue weighted by Gasteiger charge is 2.28. The van der Waals surface area contributed by atoms with Crippen LogP contribution in [-0.2, 0) is 0 Å². The van der Waals surface area contributed by atoms with E-state index in [1.54, 1.807) is 0 Å². The number of halogens is 1. The van der Waals surface area contributed by atoms with Crippen LogP contribution >= 0.6 is 12.4 Å². The minimum Gasteiger partial charge on any atom is -0.336 e. The molecule has 22 heavy (non-hydrogen) atoms. The summed E-state index contributed by atoms with van der Waals surface area (Å²) in [6.07, 6.45) is 1.24. The van der Waals surface area contributed by atoms with Gasteiger partial charge in [0.2, 0.25) is 0 Å². The average molecular weight is 324 g/mol. The molecule has 2 aliphatic heterocycles. The summed E-state index contributed by atoms with van der Waals surface area (Å²) in [4.78, 5) is 17.3. The first-order valence-electron chi connectivity index (χ1n) is 7.97. The topological polar surface area (TPSA) is 35.6 Å². The molecule has 2 saturated heterocycles. The minimum absolute atomic E-state index is 0. The highest BCUT2D eigenvalue weighted by Crippen LogP contribution is 2.18. The van der Waals surface area contributed by atoms with E-state index in [2.05, 4.69) is 10.2 Å². The van der Waals surface area contributed by atoms with E-state index in [0.29, 0.717) is 6.04 Å². The first-order chi connectivity index (χ1) is 10.2. The molecule has 2 heterocycles. The number of hydrogen-bond acceptors (Lipinski definition) is 3. The van der Waals surface area contributed by atoms with Crippen LogP contribution in [-0.4, -0.2) is 61.0 Å². The summed E-state index contributed by atoms with van der Waals surface area (Å²) in [7, 11) is 0. The lowest BCUT2D eigenvalue weighted by molar-refractivity contribution is 0.0582. The molecule has 1 aromatic rings. The first kappa shape index (κ1) is 17.3. The number of amides is 1. The van der Waals surface area contributed by atoms with Crippen molar-refractivity contribution in [3.05, 3.63) is 34.9 Å². The van der Waals surface area contributed by atoms with Gasteiger partial charge in [-0.1, -0.05) is 18.2 Å². The van der Waals surface area contributed by atoms with E-state index >= 15 is 0 Å². The smallest absolute Gasteiger partial charge is 0.254 e. The lowest BCUT2D eigenvalue weighted by atomic mass is 10.0. The van der Waals surface area contributed by atoms with Crippen LogP contribution in [0.25, 0.3) is 0 Å². The zero-order valence-corrected chi connectivity index (χ0v) is 14.3. The van der Waals surface area contributed by atoms with Crippen molar-refractivity contribution in [1.82, 2.24) is 15.1 Å². The normalized spacial score (nSPS) is 22.5. The Morgan fingerprint density at radius 2 is 1.77 bits per heavy atom. The van der Waals surface area contributed by atoms with Gasteiger partial charge in [0, 0.05) is 44.3 Å². The van der Waals surface area contributed by atoms with Crippen LogP contribution in [0.2, 0.25) is 0 Å². The predicted molar refractivity (Wildman–Crippen MR) is 91.9 cm³/mol. The maximum Gasteiger partial charge on any atom is 0.254 e. The maximum absolute atomic E-state index is 12.8. The fraction of sp³-hybridized carbons (Fsp3) is 0.588. The number of nitrogens with one attached hydrogen (secondary N) is 1. The van der Waals surface area contributed by atoms with Crippen LogP contribution in [0.1, 0.15) is 27.9 Å². The maximum atomic E-state index is 12.8. The quantitative estimate of drug-likeness (QED) is 0.902. The van der Waals surface area contributed by atoms with Crippen LogP contribution < -0.4 is 5.32 Å². The second kappa shape index (κ2) is 7.44. The number of piperazine rings is 1. The van der Waals surface area contributed by atoms with E-state index < -0.39 is 0 Å². The van der Waals surface area contributed by atoms with E-state index in [9.17, 15) is 4.79 Å². The van der Waals surface area contributed by atoms with Crippen molar-refractivity contribution in [2.45, 2.75) is 26.3 Å². The number of nitrogens with zero attached hydrogens (tertiary/aromatic N) is 2. The van der Waals surface area contributed by atoms with Gasteiger partial charge in [0.05, 0.1) is 0 Å². The van der Waals surface area contributed by atoms with Crippen molar-refractivity contribution in [3.63, 3.8) is 0 Å². The van der Waals surface area contributed by atoms with E-state index in [1.807, 2.05) is 36.9 Å². The second-order valence-corrected chi connectivity index (χ2v) is 6.24. The number of hydrogen-bond donors (Lipinski definition) is 1. The third-order valence-corrected chi connectivity index (χ3v) is 4.85. The molecule has 4 nitrogen and oxygen atoms in total. The van der Waals surface area contributed by atoms with Gasteiger partial charge in [-0.25, -0.2) is 0 Å². The van der Waals surface area contributed by atoms with Crippen LogP contribution in [0.3, 0.4) is 0 Å². The zero-order valence-electron chi connectivity index (χ0n) is 13.5. The second-order valence-electron chi connectivity index (χ2n) is 6.24. The summed E-state index contributed by atoms with van der Waals surface area (Å²) in [5, 5.41) is 3.42. The van der Waals surface area contributed by atoms with E-state index in [-0.39, 0.29) is 18.3 Å². The molecule has 0 spiro atoms. The summed E-state index contributed by atoms with van der Waals surface area (Å²) in [5.41, 5.74) is 3.07. The number of carbonyl (C=O) groups is 1. The third kappa shape index (κ3) is 3.45. The third-order valence-electron chi connectivity index (χ3n) is 4.85. The summed E-state index contributed by atoms with van der Waals surface area (Å²) in [5.74, 6) is 0.204. The summed E-state index contributed by atoms with van der Waals surface area (Å²) in [6, 6.07) is 6.75. The van der Waals surface area contributed by atoms with Crippen molar-refractivity contribution in [2.75, 3.05) is 39.3 Å². The molecule has 1 N–H and O–H groups in total. The summed E-state index contributed by atoms with van der Waals surface area (Å²) < 4.78 is 0. The molecule has 2 fully saturated rings. The molecule has 2 aliphatic rings. The minimum atomic E-state index is 0. The fourth-order valence-electron chi connectivity index (χ4n) is 3.55. The van der Waals surface area contributed by atoms with E-state index in [4.69, 9.17) is 0 Å². The standard InChI is InChI=1S/C17H25N3O.ClH/c1-13-4-3-5-14(2)16(13)17(21)20-10-8-19(9-11-20)15-6-7-18-12-15;/h3-5,15,18H,6-12H2,1-2H3;1H. The van der Waals surface area contributed by atoms with Gasteiger partial charge < -0.3 is 10.2 Å². The van der Waals surface area contributed by atoms with Crippen LogP contribution in [0.15, 0.2) is 18.2 Å². The van der Waals surface area contributed by atoms with Gasteiger partial charge in [0.15, 0.2) is 0 Å². The molecule has 0 bridgehead atoms. The molecule has 0 radical (unpaired) electrons. The lowest BCUT2D eigenvalue weighted by Gasteiger charge is -2.38. The van der Waals surface area contributed by atoms with Gasteiger partial charge >= 0.3 is 0 Å². The molecular formula is C17H26ClN3O. The van der Waals surface area contributed by atoms with Crippen LogP contribution in [0.4, 0.5) is 0 Å². The first-order valence-corrected chi connectivity index (χ1v) is 7.97. The van der Waals surface area contributed by atoms with Gasteiger partial charge in [-0.2, -0.15) is 0 Å². The van der Waals surface area contributed by atoms with Crippen molar-refractivity contribution in [3.8, 4) is 0 Å². The van der Waals surface area contributed by atoms with Crippen molar-refractivity contribution in [1.29, 1.82) is 0 Å². The van der Waals surface area contributed by atoms with Crippen molar-refractivity contribution < 1.29 is 4.79 Å². The molecule has 122 valence electrons. The molecular weight excluding hydrogens is 298 g/mol. The molecule has 1 unspecified atom stereocenters. The van der Waals surface area contributed by atoms with Crippen molar-refractivity contribution >= 4 is 18.3 Å². The fourth-order valence-corrected chi connectivity index (χ4v) is 3.55. The number of rotatable bonds is 2. The predicted octanol–water partition coefficient (Wildman–Crippen LogP) is 1.84. The Morgan fingerprint density at radius 3 is 2.32 bits per heavy atom. The van der Waals surface area contributed by atoms with Gasteiger partial charge in [0.25, 0.3) is 5.91 Å². The van der Waals surface area contributed by atoms with Crippen molar-refractivity contribution in [2.24, 2.45) is 0 Å². The Morgan fingerprint density at radius 1 is 1.14 bits per heavy atom. The Balaban J connectivity index is 0.00000176. The van der Waals surface area contributed by atoms with Gasteiger partial charge in [-0.3, -0.25) is 9.69 Å². The summed E-state index contributed by atoms with van der Waals surface area (Å²) >= 11 is 0. The molecule has 1 atom stereocenters. The molecule has 0 aromatic heterocycles. The highest BCUT2D eigenvalue weighted by atomic mass is 35.5. The molecule has 0 aliphatic carbocycles. The van der Waals surface area contributed by atoms with Gasteiger partial charge in [-0.15, -0.1) is 12.4 Å². The number of aryl methyl sites for hydroxylation is 2.